The molecule has 30 heavy (non-hydrogen) atoms. The molecule has 2 fully saturated rings. The van der Waals surface area contributed by atoms with Crippen molar-refractivity contribution in [3.63, 3.8) is 0 Å². The Bertz CT molecular complexity index is 999. The van der Waals surface area contributed by atoms with Gasteiger partial charge in [-0.15, -0.1) is 0 Å². The first-order chi connectivity index (χ1) is 14.5. The van der Waals surface area contributed by atoms with Crippen LogP contribution in [0.15, 0.2) is 53.4 Å². The topological polar surface area (TPSA) is 90.4 Å². The number of anilines is 1. The molecule has 2 aromatic carbocycles. The van der Waals surface area contributed by atoms with E-state index in [0.717, 1.165) is 5.69 Å². The number of para-hydroxylation sites is 1. The lowest BCUT2D eigenvalue weighted by Gasteiger charge is -2.36. The first kappa shape index (κ1) is 20.6. The molecule has 0 saturated carbocycles. The number of morpholine rings is 1. The van der Waals surface area contributed by atoms with Crippen LogP contribution in [0.5, 0.6) is 5.75 Å². The van der Waals surface area contributed by atoms with Crippen molar-refractivity contribution in [3.8, 4) is 5.75 Å². The van der Waals surface area contributed by atoms with Crippen molar-refractivity contribution < 1.29 is 23.1 Å². The Morgan fingerprint density at radius 1 is 0.900 bits per heavy atom. The van der Waals surface area contributed by atoms with Crippen molar-refractivity contribution in [3.05, 3.63) is 54.1 Å². The molecule has 0 aliphatic carbocycles. The van der Waals surface area contributed by atoms with E-state index in [1.807, 2.05) is 30.3 Å². The van der Waals surface area contributed by atoms with Gasteiger partial charge in [0.15, 0.2) is 0 Å². The molecule has 1 N–H and O–H groups in total. The predicted molar refractivity (Wildman–Crippen MR) is 112 cm³/mol. The van der Waals surface area contributed by atoms with E-state index >= 15 is 0 Å². The summed E-state index contributed by atoms with van der Waals surface area (Å²) < 4.78 is 32.4. The van der Waals surface area contributed by atoms with Crippen LogP contribution in [-0.2, 0) is 14.8 Å². The van der Waals surface area contributed by atoms with Crippen LogP contribution in [0.4, 0.5) is 5.69 Å². The first-order valence-corrected chi connectivity index (χ1v) is 11.4. The maximum absolute atomic E-state index is 13.0. The van der Waals surface area contributed by atoms with Crippen LogP contribution in [0.3, 0.4) is 0 Å². The molecule has 2 aliphatic rings. The summed E-state index contributed by atoms with van der Waals surface area (Å²) in [5.74, 6) is -0.578. The minimum Gasteiger partial charge on any atom is -0.507 e. The molecule has 2 heterocycles. The SMILES string of the molecule is O=C(c1cc(S(=O)(=O)N2CCOCC2)ccc1O)N1CCN(c2ccccc2)CC1. The van der Waals surface area contributed by atoms with Gasteiger partial charge in [0.1, 0.15) is 5.75 Å². The highest BCUT2D eigenvalue weighted by molar-refractivity contribution is 7.89. The Hall–Kier alpha value is -2.62. The van der Waals surface area contributed by atoms with Crippen molar-refractivity contribution in [1.82, 2.24) is 9.21 Å². The van der Waals surface area contributed by atoms with Gasteiger partial charge in [-0.1, -0.05) is 18.2 Å². The van der Waals surface area contributed by atoms with Crippen LogP contribution in [0, 0.1) is 0 Å². The molecule has 1 amide bonds. The summed E-state index contributed by atoms with van der Waals surface area (Å²) in [5, 5.41) is 10.3. The normalized spacial score (nSPS) is 18.4. The summed E-state index contributed by atoms with van der Waals surface area (Å²) in [6, 6.07) is 13.9. The van der Waals surface area contributed by atoms with Crippen molar-refractivity contribution in [2.24, 2.45) is 0 Å². The third-order valence-electron chi connectivity index (χ3n) is 5.49. The van der Waals surface area contributed by atoms with E-state index in [0.29, 0.717) is 39.4 Å². The first-order valence-electron chi connectivity index (χ1n) is 9.97. The molecule has 9 heteroatoms. The standard InChI is InChI=1S/C21H25N3O5S/c25-20-7-6-18(30(27,28)24-12-14-29-15-13-24)16-19(20)21(26)23-10-8-22(9-11-23)17-4-2-1-3-5-17/h1-7,16,25H,8-15H2. The van der Waals surface area contributed by atoms with Crippen molar-refractivity contribution >= 4 is 21.6 Å². The molecule has 8 nitrogen and oxygen atoms in total. The molecule has 0 atom stereocenters. The zero-order valence-corrected chi connectivity index (χ0v) is 17.4. The number of sulfonamides is 1. The summed E-state index contributed by atoms with van der Waals surface area (Å²) in [4.78, 5) is 16.9. The van der Waals surface area contributed by atoms with Gasteiger partial charge in [-0.3, -0.25) is 4.79 Å². The number of carbonyl (C=O) groups excluding carboxylic acids is 1. The van der Waals surface area contributed by atoms with Crippen LogP contribution in [0.25, 0.3) is 0 Å². The van der Waals surface area contributed by atoms with Crippen LogP contribution < -0.4 is 4.90 Å². The molecule has 4 rings (SSSR count). The van der Waals surface area contributed by atoms with E-state index in [1.165, 1.54) is 22.5 Å². The van der Waals surface area contributed by atoms with Gasteiger partial charge in [-0.2, -0.15) is 4.31 Å². The third-order valence-corrected chi connectivity index (χ3v) is 7.39. The monoisotopic (exact) mass is 431 g/mol. The van der Waals surface area contributed by atoms with E-state index in [4.69, 9.17) is 4.74 Å². The Balaban J connectivity index is 1.50. The van der Waals surface area contributed by atoms with E-state index < -0.39 is 10.0 Å². The van der Waals surface area contributed by atoms with Crippen molar-refractivity contribution in [2.45, 2.75) is 4.90 Å². The Kier molecular flexibility index (Phi) is 5.94. The highest BCUT2D eigenvalue weighted by atomic mass is 32.2. The molecule has 0 spiro atoms. The molecule has 2 aliphatic heterocycles. The smallest absolute Gasteiger partial charge is 0.257 e. The quantitative estimate of drug-likeness (QED) is 0.787. The fraction of sp³-hybridized carbons (Fsp3) is 0.381. The van der Waals surface area contributed by atoms with Crippen molar-refractivity contribution in [2.75, 3.05) is 57.4 Å². The van der Waals surface area contributed by atoms with Crippen LogP contribution >= 0.6 is 0 Å². The number of phenols is 1. The molecule has 160 valence electrons. The number of hydrogen-bond acceptors (Lipinski definition) is 6. The summed E-state index contributed by atoms with van der Waals surface area (Å²) >= 11 is 0. The number of piperazine rings is 1. The number of phenolic OH excluding ortho intramolecular Hbond substituents is 1. The molecule has 0 bridgehead atoms. The van der Waals surface area contributed by atoms with Gasteiger partial charge in [-0.25, -0.2) is 8.42 Å². The van der Waals surface area contributed by atoms with Crippen LogP contribution in [0.2, 0.25) is 0 Å². The number of amides is 1. The van der Waals surface area contributed by atoms with Crippen molar-refractivity contribution in [1.29, 1.82) is 0 Å². The van der Waals surface area contributed by atoms with E-state index in [9.17, 15) is 18.3 Å². The number of aromatic hydroxyl groups is 1. The molecular formula is C21H25N3O5S. The summed E-state index contributed by atoms with van der Waals surface area (Å²) in [5.41, 5.74) is 1.11. The Morgan fingerprint density at radius 2 is 1.57 bits per heavy atom. The molecule has 2 saturated heterocycles. The van der Waals surface area contributed by atoms with Gasteiger partial charge in [-0.05, 0) is 30.3 Å². The van der Waals surface area contributed by atoms with E-state index in [2.05, 4.69) is 4.90 Å². The van der Waals surface area contributed by atoms with Gasteiger partial charge in [0.2, 0.25) is 10.0 Å². The van der Waals surface area contributed by atoms with Gasteiger partial charge >= 0.3 is 0 Å². The molecule has 0 radical (unpaired) electrons. The second kappa shape index (κ2) is 8.63. The number of hydrogen-bond donors (Lipinski definition) is 1. The lowest BCUT2D eigenvalue weighted by Crippen LogP contribution is -2.48. The maximum atomic E-state index is 13.0. The second-order valence-corrected chi connectivity index (χ2v) is 9.25. The number of carbonyl (C=O) groups is 1. The molecule has 0 unspecified atom stereocenters. The third kappa shape index (κ3) is 4.14. The van der Waals surface area contributed by atoms with Crippen LogP contribution in [-0.4, -0.2) is 81.1 Å². The number of nitrogens with zero attached hydrogens (tertiary/aromatic N) is 3. The minimum absolute atomic E-state index is 0.00784. The fourth-order valence-electron chi connectivity index (χ4n) is 3.76. The number of rotatable bonds is 4. The molecule has 2 aromatic rings. The molecule has 0 aromatic heterocycles. The summed E-state index contributed by atoms with van der Waals surface area (Å²) in [6.07, 6.45) is 0. The van der Waals surface area contributed by atoms with E-state index in [-0.39, 0.29) is 35.2 Å². The zero-order valence-electron chi connectivity index (χ0n) is 16.6. The van der Waals surface area contributed by atoms with Gasteiger partial charge < -0.3 is 19.6 Å². The largest absolute Gasteiger partial charge is 0.507 e. The highest BCUT2D eigenvalue weighted by Gasteiger charge is 2.29. The fourth-order valence-corrected chi connectivity index (χ4v) is 5.19. The second-order valence-electron chi connectivity index (χ2n) is 7.31. The average molecular weight is 432 g/mol. The highest BCUT2D eigenvalue weighted by Crippen LogP contribution is 2.26. The van der Waals surface area contributed by atoms with Gasteiger partial charge in [0.25, 0.3) is 5.91 Å². The van der Waals surface area contributed by atoms with Crippen LogP contribution in [0.1, 0.15) is 10.4 Å². The Morgan fingerprint density at radius 3 is 2.23 bits per heavy atom. The summed E-state index contributed by atoms with van der Waals surface area (Å²) in [7, 11) is -3.75. The maximum Gasteiger partial charge on any atom is 0.257 e. The van der Waals surface area contributed by atoms with E-state index in [1.54, 1.807) is 4.90 Å². The number of benzene rings is 2. The van der Waals surface area contributed by atoms with Gasteiger partial charge in [0, 0.05) is 45.0 Å². The summed E-state index contributed by atoms with van der Waals surface area (Å²) in [6.45, 7) is 3.55. The lowest BCUT2D eigenvalue weighted by molar-refractivity contribution is 0.0728. The van der Waals surface area contributed by atoms with Gasteiger partial charge in [0.05, 0.1) is 23.7 Å². The number of ether oxygens (including phenoxy) is 1. The molecular weight excluding hydrogens is 406 g/mol. The Labute approximate surface area is 176 Å². The zero-order chi connectivity index (χ0) is 21.1. The lowest BCUT2D eigenvalue weighted by atomic mass is 10.1. The minimum atomic E-state index is -3.75. The average Bonchev–Trinajstić information content (AvgIpc) is 2.80. The predicted octanol–water partition coefficient (Wildman–Crippen LogP) is 1.38.